The van der Waals surface area contributed by atoms with Crippen molar-refractivity contribution in [1.29, 1.82) is 0 Å². The molecule has 15 heavy (non-hydrogen) atoms. The average Bonchev–Trinajstić information content (AvgIpc) is 2.18. The number of aliphatic hydroxyl groups excluding tert-OH is 1. The molecular weight excluding hydrogens is 194 g/mol. The molecule has 1 aromatic heterocycles. The van der Waals surface area contributed by atoms with E-state index in [4.69, 9.17) is 14.6 Å². The topological polar surface area (TPSA) is 51.6 Å². The van der Waals surface area contributed by atoms with Crippen LogP contribution in [0.15, 0.2) is 12.1 Å². The third-order valence-corrected chi connectivity index (χ3v) is 2.06. The second-order valence-corrected chi connectivity index (χ2v) is 3.44. The van der Waals surface area contributed by atoms with Gasteiger partial charge in [-0.1, -0.05) is 0 Å². The van der Waals surface area contributed by atoms with Gasteiger partial charge in [0.1, 0.15) is 6.10 Å². The molecule has 0 radical (unpaired) electrons. The summed E-state index contributed by atoms with van der Waals surface area (Å²) in [5, 5.41) is 8.97. The van der Waals surface area contributed by atoms with Crippen molar-refractivity contribution in [2.45, 2.75) is 26.6 Å². The molecule has 1 atom stereocenters. The van der Waals surface area contributed by atoms with Gasteiger partial charge in [-0.15, -0.1) is 0 Å². The molecule has 0 saturated carbocycles. The third kappa shape index (κ3) is 3.49. The van der Waals surface area contributed by atoms with E-state index in [1.807, 2.05) is 19.9 Å². The van der Waals surface area contributed by atoms with Crippen LogP contribution in [0, 0.1) is 6.92 Å². The minimum absolute atomic E-state index is 0.00668. The molecule has 1 N–H and O–H groups in total. The van der Waals surface area contributed by atoms with Crippen molar-refractivity contribution in [3.63, 3.8) is 0 Å². The van der Waals surface area contributed by atoms with Gasteiger partial charge in [0.05, 0.1) is 13.2 Å². The van der Waals surface area contributed by atoms with Gasteiger partial charge >= 0.3 is 0 Å². The second-order valence-electron chi connectivity index (χ2n) is 3.44. The van der Waals surface area contributed by atoms with Gasteiger partial charge in [0.2, 0.25) is 5.88 Å². The number of pyridine rings is 1. The Hall–Kier alpha value is -1.13. The zero-order valence-electron chi connectivity index (χ0n) is 9.36. The van der Waals surface area contributed by atoms with Crippen LogP contribution >= 0.6 is 0 Å². The largest absolute Gasteiger partial charge is 0.472 e. The van der Waals surface area contributed by atoms with Crippen molar-refractivity contribution in [3.8, 4) is 5.88 Å². The fourth-order valence-electron chi connectivity index (χ4n) is 1.27. The van der Waals surface area contributed by atoms with Crippen molar-refractivity contribution >= 4 is 0 Å². The molecule has 1 aromatic rings. The maximum atomic E-state index is 8.97. The highest BCUT2D eigenvalue weighted by Crippen LogP contribution is 2.13. The fraction of sp³-hybridized carbons (Fsp3) is 0.545. The van der Waals surface area contributed by atoms with E-state index in [0.29, 0.717) is 12.5 Å². The van der Waals surface area contributed by atoms with Crippen molar-refractivity contribution in [3.05, 3.63) is 23.4 Å². The molecule has 0 bridgehead atoms. The van der Waals surface area contributed by atoms with Crippen LogP contribution in [0.3, 0.4) is 0 Å². The van der Waals surface area contributed by atoms with Crippen molar-refractivity contribution in [2.75, 3.05) is 13.7 Å². The lowest BCUT2D eigenvalue weighted by Gasteiger charge is -2.13. The molecule has 0 aliphatic carbocycles. The number of aryl methyl sites for hydroxylation is 1. The summed E-state index contributed by atoms with van der Waals surface area (Å²) in [6.45, 7) is 4.30. The van der Waals surface area contributed by atoms with Gasteiger partial charge in [0.15, 0.2) is 0 Å². The van der Waals surface area contributed by atoms with E-state index in [1.165, 1.54) is 0 Å². The number of methoxy groups -OCH3 is 1. The first kappa shape index (κ1) is 11.9. The van der Waals surface area contributed by atoms with Crippen molar-refractivity contribution < 1.29 is 14.6 Å². The number of aromatic nitrogens is 1. The average molecular weight is 211 g/mol. The molecule has 4 nitrogen and oxygen atoms in total. The number of ether oxygens (including phenoxy) is 2. The zero-order chi connectivity index (χ0) is 11.3. The first-order chi connectivity index (χ1) is 7.17. The predicted molar refractivity (Wildman–Crippen MR) is 56.9 cm³/mol. The van der Waals surface area contributed by atoms with E-state index < -0.39 is 0 Å². The van der Waals surface area contributed by atoms with Gasteiger partial charge in [-0.25, -0.2) is 4.98 Å². The van der Waals surface area contributed by atoms with Crippen molar-refractivity contribution in [1.82, 2.24) is 4.98 Å². The molecule has 0 aromatic carbocycles. The summed E-state index contributed by atoms with van der Waals surface area (Å²) < 4.78 is 10.5. The molecule has 0 amide bonds. The van der Waals surface area contributed by atoms with E-state index in [1.54, 1.807) is 13.2 Å². The van der Waals surface area contributed by atoms with Crippen molar-refractivity contribution in [2.24, 2.45) is 0 Å². The minimum Gasteiger partial charge on any atom is -0.472 e. The van der Waals surface area contributed by atoms with E-state index in [2.05, 4.69) is 4.98 Å². The van der Waals surface area contributed by atoms with Gasteiger partial charge in [-0.2, -0.15) is 0 Å². The van der Waals surface area contributed by atoms with Gasteiger partial charge in [-0.3, -0.25) is 0 Å². The quantitative estimate of drug-likeness (QED) is 0.797. The summed E-state index contributed by atoms with van der Waals surface area (Å²) in [6.07, 6.45) is -0.0260. The molecule has 4 heteroatoms. The molecule has 1 unspecified atom stereocenters. The highest BCUT2D eigenvalue weighted by Gasteiger charge is 2.06. The van der Waals surface area contributed by atoms with Crippen LogP contribution in [-0.2, 0) is 11.3 Å². The Kier molecular flexibility index (Phi) is 4.52. The first-order valence-corrected chi connectivity index (χ1v) is 4.90. The van der Waals surface area contributed by atoms with E-state index in [0.717, 1.165) is 11.3 Å². The van der Waals surface area contributed by atoms with Gasteiger partial charge in [0, 0.05) is 18.9 Å². The lowest BCUT2D eigenvalue weighted by atomic mass is 10.2. The molecule has 0 aliphatic rings. The van der Waals surface area contributed by atoms with Crippen LogP contribution in [-0.4, -0.2) is 29.9 Å². The summed E-state index contributed by atoms with van der Waals surface area (Å²) in [5.74, 6) is 0.564. The Labute approximate surface area is 89.9 Å². The SMILES string of the molecule is COCC(C)Oc1ccc(CO)c(C)n1. The third-order valence-electron chi connectivity index (χ3n) is 2.06. The van der Waals surface area contributed by atoms with E-state index >= 15 is 0 Å². The molecule has 1 heterocycles. The summed E-state index contributed by atoms with van der Waals surface area (Å²) >= 11 is 0. The molecular formula is C11H17NO3. The normalized spacial score (nSPS) is 12.5. The highest BCUT2D eigenvalue weighted by atomic mass is 16.5. The first-order valence-electron chi connectivity index (χ1n) is 4.90. The van der Waals surface area contributed by atoms with Crippen LogP contribution in [0.1, 0.15) is 18.2 Å². The maximum absolute atomic E-state index is 8.97. The lowest BCUT2D eigenvalue weighted by Crippen LogP contribution is -2.18. The van der Waals surface area contributed by atoms with Crippen LogP contribution in [0.5, 0.6) is 5.88 Å². The monoisotopic (exact) mass is 211 g/mol. The van der Waals surface area contributed by atoms with Gasteiger partial charge in [-0.05, 0) is 25.5 Å². The number of nitrogens with zero attached hydrogens (tertiary/aromatic N) is 1. The molecule has 0 fully saturated rings. The standard InChI is InChI=1S/C11H17NO3/c1-8(7-14-3)15-11-5-4-10(6-13)9(2)12-11/h4-5,8,13H,6-7H2,1-3H3. The molecule has 1 rings (SSSR count). The van der Waals surface area contributed by atoms with E-state index in [9.17, 15) is 0 Å². The Bertz CT molecular complexity index is 315. The molecule has 84 valence electrons. The Morgan fingerprint density at radius 1 is 1.47 bits per heavy atom. The van der Waals surface area contributed by atoms with Gasteiger partial charge in [0.25, 0.3) is 0 Å². The van der Waals surface area contributed by atoms with Crippen LogP contribution in [0.2, 0.25) is 0 Å². The zero-order valence-corrected chi connectivity index (χ0v) is 9.36. The molecule has 0 saturated heterocycles. The Balaban J connectivity index is 2.66. The summed E-state index contributed by atoms with van der Waals surface area (Å²) in [5.41, 5.74) is 1.61. The summed E-state index contributed by atoms with van der Waals surface area (Å²) in [6, 6.07) is 3.57. The highest BCUT2D eigenvalue weighted by molar-refractivity contribution is 5.24. The Morgan fingerprint density at radius 3 is 2.73 bits per heavy atom. The fourth-order valence-corrected chi connectivity index (χ4v) is 1.27. The lowest BCUT2D eigenvalue weighted by molar-refractivity contribution is 0.0888. The molecule has 0 spiro atoms. The number of hydrogen-bond acceptors (Lipinski definition) is 4. The van der Waals surface area contributed by atoms with Gasteiger partial charge < -0.3 is 14.6 Å². The molecule has 0 aliphatic heterocycles. The smallest absolute Gasteiger partial charge is 0.213 e. The van der Waals surface area contributed by atoms with Crippen LogP contribution in [0.4, 0.5) is 0 Å². The second kappa shape index (κ2) is 5.68. The number of rotatable bonds is 5. The van der Waals surface area contributed by atoms with Crippen LogP contribution in [0.25, 0.3) is 0 Å². The number of aliphatic hydroxyl groups is 1. The summed E-state index contributed by atoms with van der Waals surface area (Å²) in [4.78, 5) is 4.23. The predicted octanol–water partition coefficient (Wildman–Crippen LogP) is 1.30. The number of hydrogen-bond donors (Lipinski definition) is 1. The van der Waals surface area contributed by atoms with E-state index in [-0.39, 0.29) is 12.7 Å². The maximum Gasteiger partial charge on any atom is 0.213 e. The minimum atomic E-state index is -0.0260. The summed E-state index contributed by atoms with van der Waals surface area (Å²) in [7, 11) is 1.63. The Morgan fingerprint density at radius 2 is 2.20 bits per heavy atom. The van der Waals surface area contributed by atoms with Crippen LogP contribution < -0.4 is 4.74 Å².